The summed E-state index contributed by atoms with van der Waals surface area (Å²) < 4.78 is 6.32. The van der Waals surface area contributed by atoms with Crippen LogP contribution in [0.5, 0.6) is 5.75 Å². The quantitative estimate of drug-likeness (QED) is 0.859. The summed E-state index contributed by atoms with van der Waals surface area (Å²) in [4.78, 5) is 2.70. The zero-order valence-electron chi connectivity index (χ0n) is 13.0. The fourth-order valence-corrected chi connectivity index (χ4v) is 3.78. The van der Waals surface area contributed by atoms with Gasteiger partial charge in [0.25, 0.3) is 0 Å². The molecule has 3 heteroatoms. The van der Waals surface area contributed by atoms with Crippen LogP contribution in [0.2, 0.25) is 0 Å². The van der Waals surface area contributed by atoms with E-state index in [2.05, 4.69) is 4.90 Å². The van der Waals surface area contributed by atoms with Crippen LogP contribution in [-0.2, 0) is 0 Å². The monoisotopic (exact) mass is 288 g/mol. The minimum absolute atomic E-state index is 0.348. The number of ether oxygens (including phenoxy) is 1. The Hall–Kier alpha value is -1.22. The van der Waals surface area contributed by atoms with Gasteiger partial charge in [0.15, 0.2) is 0 Å². The van der Waals surface area contributed by atoms with Gasteiger partial charge in [-0.15, -0.1) is 0 Å². The van der Waals surface area contributed by atoms with Crippen LogP contribution >= 0.6 is 0 Å². The van der Waals surface area contributed by atoms with Crippen molar-refractivity contribution in [2.24, 2.45) is 0 Å². The van der Waals surface area contributed by atoms with Gasteiger partial charge in [-0.05, 0) is 69.5 Å². The molecule has 3 rings (SSSR count). The molecule has 3 nitrogen and oxygen atoms in total. The van der Waals surface area contributed by atoms with Crippen molar-refractivity contribution < 1.29 is 4.74 Å². The average molecular weight is 288 g/mol. The van der Waals surface area contributed by atoms with E-state index < -0.39 is 0 Å². The number of anilines is 1. The molecule has 0 bridgehead atoms. The molecule has 116 valence electrons. The topological polar surface area (TPSA) is 38.5 Å². The number of nitrogens with two attached hydrogens (primary N) is 1. The minimum atomic E-state index is 0.348. The average Bonchev–Trinajstić information content (AvgIpc) is 2.79. The Kier molecular flexibility index (Phi) is 5.02. The Balaban J connectivity index is 1.67. The summed E-state index contributed by atoms with van der Waals surface area (Å²) in [7, 11) is 0. The van der Waals surface area contributed by atoms with Crippen LogP contribution in [0.4, 0.5) is 5.69 Å². The molecular weight excluding hydrogens is 260 g/mol. The van der Waals surface area contributed by atoms with Gasteiger partial charge < -0.3 is 10.5 Å². The normalized spacial score (nSPS) is 28.0. The number of rotatable bonds is 3. The molecule has 1 saturated carbocycles. The Bertz CT molecular complexity index is 423. The highest BCUT2D eigenvalue weighted by Gasteiger charge is 2.31. The lowest BCUT2D eigenvalue weighted by atomic mass is 9.91. The van der Waals surface area contributed by atoms with Crippen molar-refractivity contribution in [3.8, 4) is 5.75 Å². The smallest absolute Gasteiger partial charge is 0.119 e. The van der Waals surface area contributed by atoms with Crippen molar-refractivity contribution in [3.63, 3.8) is 0 Å². The molecule has 1 saturated heterocycles. The molecule has 2 atom stereocenters. The Morgan fingerprint density at radius 3 is 2.24 bits per heavy atom. The number of nitrogen functional groups attached to an aromatic ring is 1. The van der Waals surface area contributed by atoms with Gasteiger partial charge in [-0.1, -0.05) is 19.3 Å². The second-order valence-electron chi connectivity index (χ2n) is 6.53. The van der Waals surface area contributed by atoms with Gasteiger partial charge in [-0.2, -0.15) is 0 Å². The molecule has 0 spiro atoms. The van der Waals surface area contributed by atoms with Gasteiger partial charge in [0, 0.05) is 11.7 Å². The first kappa shape index (κ1) is 14.7. The lowest BCUT2D eigenvalue weighted by Crippen LogP contribution is -2.48. The van der Waals surface area contributed by atoms with E-state index in [9.17, 15) is 0 Å². The third kappa shape index (κ3) is 3.91. The number of benzene rings is 1. The Labute approximate surface area is 128 Å². The Morgan fingerprint density at radius 2 is 1.52 bits per heavy atom. The van der Waals surface area contributed by atoms with Crippen LogP contribution in [0.1, 0.15) is 51.4 Å². The maximum Gasteiger partial charge on any atom is 0.119 e. The van der Waals surface area contributed by atoms with Crippen molar-refractivity contribution in [3.05, 3.63) is 24.3 Å². The molecule has 1 aliphatic heterocycles. The lowest BCUT2D eigenvalue weighted by Gasteiger charge is -2.39. The third-order valence-corrected chi connectivity index (χ3v) is 4.94. The highest BCUT2D eigenvalue weighted by atomic mass is 16.5. The number of hydrogen-bond acceptors (Lipinski definition) is 3. The standard InChI is InChI=1S/C18H28N2O/c19-15-9-11-16(12-10-15)21-18-8-4-3-7-17(18)20-13-5-1-2-6-14-20/h9-12,17-18H,1-8,13-14,19H2. The van der Waals surface area contributed by atoms with E-state index in [1.807, 2.05) is 24.3 Å². The molecule has 21 heavy (non-hydrogen) atoms. The van der Waals surface area contributed by atoms with E-state index in [-0.39, 0.29) is 0 Å². The summed E-state index contributed by atoms with van der Waals surface area (Å²) in [6.07, 6.45) is 11.0. The second kappa shape index (κ2) is 7.17. The molecule has 0 radical (unpaired) electrons. The molecule has 2 fully saturated rings. The first-order valence-electron chi connectivity index (χ1n) is 8.59. The summed E-state index contributed by atoms with van der Waals surface area (Å²) in [5, 5.41) is 0. The first-order valence-corrected chi connectivity index (χ1v) is 8.59. The van der Waals surface area contributed by atoms with Crippen molar-refractivity contribution >= 4 is 5.69 Å². The highest BCUT2D eigenvalue weighted by Crippen LogP contribution is 2.29. The summed E-state index contributed by atoms with van der Waals surface area (Å²) in [6, 6.07) is 8.47. The van der Waals surface area contributed by atoms with Crippen molar-refractivity contribution in [1.29, 1.82) is 0 Å². The fraction of sp³-hybridized carbons (Fsp3) is 0.667. The molecule has 1 heterocycles. The van der Waals surface area contributed by atoms with E-state index in [4.69, 9.17) is 10.5 Å². The zero-order valence-corrected chi connectivity index (χ0v) is 13.0. The van der Waals surface area contributed by atoms with Gasteiger partial charge >= 0.3 is 0 Å². The Morgan fingerprint density at radius 1 is 0.857 bits per heavy atom. The lowest BCUT2D eigenvalue weighted by molar-refractivity contribution is 0.0376. The molecule has 2 aliphatic rings. The molecule has 0 amide bonds. The van der Waals surface area contributed by atoms with Gasteiger partial charge in [0.1, 0.15) is 11.9 Å². The van der Waals surface area contributed by atoms with Gasteiger partial charge in [0.05, 0.1) is 0 Å². The van der Waals surface area contributed by atoms with Crippen LogP contribution < -0.4 is 10.5 Å². The molecule has 2 N–H and O–H groups in total. The van der Waals surface area contributed by atoms with Gasteiger partial charge in [0.2, 0.25) is 0 Å². The van der Waals surface area contributed by atoms with E-state index in [0.29, 0.717) is 12.1 Å². The molecule has 2 unspecified atom stereocenters. The maximum absolute atomic E-state index is 6.32. The maximum atomic E-state index is 6.32. The van der Waals surface area contributed by atoms with Crippen molar-refractivity contribution in [2.75, 3.05) is 18.8 Å². The number of nitrogens with zero attached hydrogens (tertiary/aromatic N) is 1. The van der Waals surface area contributed by atoms with Gasteiger partial charge in [-0.25, -0.2) is 0 Å². The molecular formula is C18H28N2O. The second-order valence-corrected chi connectivity index (χ2v) is 6.53. The molecule has 1 aromatic carbocycles. The minimum Gasteiger partial charge on any atom is -0.489 e. The van der Waals surface area contributed by atoms with E-state index in [0.717, 1.165) is 11.4 Å². The fourth-order valence-electron chi connectivity index (χ4n) is 3.78. The summed E-state index contributed by atoms with van der Waals surface area (Å²) >= 11 is 0. The SMILES string of the molecule is Nc1ccc(OC2CCCCC2N2CCCCCC2)cc1. The third-order valence-electron chi connectivity index (χ3n) is 4.94. The van der Waals surface area contributed by atoms with Crippen LogP contribution in [0.25, 0.3) is 0 Å². The summed E-state index contributed by atoms with van der Waals surface area (Å²) in [6.45, 7) is 2.51. The summed E-state index contributed by atoms with van der Waals surface area (Å²) in [5.41, 5.74) is 6.56. The van der Waals surface area contributed by atoms with Crippen LogP contribution in [0.15, 0.2) is 24.3 Å². The number of likely N-dealkylation sites (tertiary alicyclic amines) is 1. The van der Waals surface area contributed by atoms with Crippen molar-refractivity contribution in [2.45, 2.75) is 63.5 Å². The largest absolute Gasteiger partial charge is 0.489 e. The van der Waals surface area contributed by atoms with E-state index >= 15 is 0 Å². The first-order chi connectivity index (χ1) is 10.3. The molecule has 0 aromatic heterocycles. The highest BCUT2D eigenvalue weighted by molar-refractivity contribution is 5.41. The summed E-state index contributed by atoms with van der Waals surface area (Å²) in [5.74, 6) is 0.968. The zero-order chi connectivity index (χ0) is 14.5. The van der Waals surface area contributed by atoms with Crippen molar-refractivity contribution in [1.82, 2.24) is 4.90 Å². The molecule has 1 aromatic rings. The van der Waals surface area contributed by atoms with Crippen LogP contribution in [-0.4, -0.2) is 30.1 Å². The van der Waals surface area contributed by atoms with E-state index in [1.165, 1.54) is 64.5 Å². The van der Waals surface area contributed by atoms with E-state index in [1.54, 1.807) is 0 Å². The predicted molar refractivity (Wildman–Crippen MR) is 87.6 cm³/mol. The van der Waals surface area contributed by atoms with Crippen LogP contribution in [0, 0.1) is 0 Å². The van der Waals surface area contributed by atoms with Gasteiger partial charge in [-0.3, -0.25) is 4.90 Å². The number of hydrogen-bond donors (Lipinski definition) is 1. The van der Waals surface area contributed by atoms with Crippen LogP contribution in [0.3, 0.4) is 0 Å². The predicted octanol–water partition coefficient (Wildman–Crippen LogP) is 3.83. The molecule has 1 aliphatic carbocycles.